The molecule has 0 fully saturated rings. The number of nitrogens with one attached hydrogen (secondary N) is 2. The topological polar surface area (TPSA) is 97.6 Å². The Kier molecular flexibility index (Phi) is 6.53. The number of rotatable bonds is 7. The number of benzene rings is 1. The van der Waals surface area contributed by atoms with Crippen molar-refractivity contribution in [1.82, 2.24) is 30.0 Å². The molecule has 2 N–H and O–H groups in total. The van der Waals surface area contributed by atoms with Gasteiger partial charge < -0.3 is 10.6 Å². The van der Waals surface area contributed by atoms with E-state index >= 15 is 0 Å². The van der Waals surface area contributed by atoms with Crippen LogP contribution in [0.3, 0.4) is 0 Å². The summed E-state index contributed by atoms with van der Waals surface area (Å²) in [6.07, 6.45) is 3.33. The van der Waals surface area contributed by atoms with E-state index in [1.54, 1.807) is 23.3 Å². The zero-order chi connectivity index (χ0) is 24.1. The molecule has 0 bridgehead atoms. The van der Waals surface area contributed by atoms with Gasteiger partial charge in [0.25, 0.3) is 0 Å². The number of anilines is 2. The maximum atomic E-state index is 12.6. The highest BCUT2D eigenvalue weighted by Crippen LogP contribution is 2.28. The van der Waals surface area contributed by atoms with Gasteiger partial charge in [0.2, 0.25) is 11.9 Å². The number of halogens is 3. The molecule has 0 atom stereocenters. The van der Waals surface area contributed by atoms with Gasteiger partial charge in [-0.3, -0.25) is 14.5 Å². The number of hydrogen-bond acceptors (Lipinski definition) is 6. The molecule has 1 aromatic carbocycles. The van der Waals surface area contributed by atoms with Crippen LogP contribution in [0.1, 0.15) is 16.8 Å². The van der Waals surface area contributed by atoms with Crippen molar-refractivity contribution in [1.29, 1.82) is 0 Å². The van der Waals surface area contributed by atoms with Crippen LogP contribution in [0.15, 0.2) is 67.4 Å². The average molecular weight is 467 g/mol. The third kappa shape index (κ3) is 5.94. The van der Waals surface area contributed by atoms with E-state index in [0.717, 1.165) is 34.6 Å². The molecule has 0 radical (unpaired) electrons. The van der Waals surface area contributed by atoms with Crippen LogP contribution >= 0.6 is 0 Å². The molecule has 0 saturated carbocycles. The second-order valence-electron chi connectivity index (χ2n) is 7.51. The summed E-state index contributed by atoms with van der Waals surface area (Å²) in [6, 6.07) is 9.58. The molecule has 8 nitrogen and oxygen atoms in total. The number of hydrogen-bond donors (Lipinski definition) is 2. The van der Waals surface area contributed by atoms with E-state index < -0.39 is 11.7 Å². The Labute approximate surface area is 192 Å². The van der Waals surface area contributed by atoms with Gasteiger partial charge in [-0.2, -0.15) is 18.3 Å². The molecule has 0 unspecified atom stereocenters. The molecule has 4 aromatic rings. The number of aryl methyl sites for hydroxylation is 1. The Morgan fingerprint density at radius 3 is 2.26 bits per heavy atom. The highest BCUT2D eigenvalue weighted by Gasteiger charge is 2.30. The summed E-state index contributed by atoms with van der Waals surface area (Å²) in [6.45, 7) is 0.0474. The Morgan fingerprint density at radius 2 is 1.68 bits per heavy atom. The molecule has 4 rings (SSSR count). The molecular weight excluding hydrogens is 447 g/mol. The number of aromatic nitrogens is 5. The van der Waals surface area contributed by atoms with Crippen LogP contribution in [0.5, 0.6) is 0 Å². The molecule has 0 spiro atoms. The van der Waals surface area contributed by atoms with Gasteiger partial charge in [0.1, 0.15) is 0 Å². The van der Waals surface area contributed by atoms with Crippen molar-refractivity contribution in [2.45, 2.75) is 19.1 Å². The van der Waals surface area contributed by atoms with Gasteiger partial charge in [-0.1, -0.05) is 24.3 Å². The number of nitrogens with zero attached hydrogens (tertiary/aromatic N) is 5. The Morgan fingerprint density at radius 1 is 0.941 bits per heavy atom. The van der Waals surface area contributed by atoms with Crippen molar-refractivity contribution in [3.8, 4) is 11.1 Å². The van der Waals surface area contributed by atoms with Gasteiger partial charge in [0, 0.05) is 37.4 Å². The monoisotopic (exact) mass is 467 g/mol. The van der Waals surface area contributed by atoms with Crippen LogP contribution in [-0.2, 0) is 31.0 Å². The van der Waals surface area contributed by atoms with E-state index in [0.29, 0.717) is 11.6 Å². The van der Waals surface area contributed by atoms with Crippen LogP contribution < -0.4 is 10.6 Å². The zero-order valence-electron chi connectivity index (χ0n) is 18.0. The number of pyridine rings is 1. The van der Waals surface area contributed by atoms with Crippen molar-refractivity contribution >= 4 is 17.5 Å². The van der Waals surface area contributed by atoms with Gasteiger partial charge in [-0.05, 0) is 23.3 Å². The van der Waals surface area contributed by atoms with E-state index in [1.165, 1.54) is 6.07 Å². The lowest BCUT2D eigenvalue weighted by Crippen LogP contribution is -2.25. The van der Waals surface area contributed by atoms with Gasteiger partial charge in [0.05, 0.1) is 36.1 Å². The quantitative estimate of drug-likeness (QED) is 0.428. The lowest BCUT2D eigenvalue weighted by Gasteiger charge is -2.08. The van der Waals surface area contributed by atoms with Gasteiger partial charge in [-0.15, -0.1) is 0 Å². The Bertz CT molecular complexity index is 1250. The smallest absolute Gasteiger partial charge is 0.350 e. The minimum absolute atomic E-state index is 0.0474. The van der Waals surface area contributed by atoms with Gasteiger partial charge in [-0.25, -0.2) is 9.97 Å². The van der Waals surface area contributed by atoms with E-state index in [9.17, 15) is 18.0 Å². The molecular formula is C23H20F3N7O. The third-order valence-corrected chi connectivity index (χ3v) is 4.88. The van der Waals surface area contributed by atoms with Crippen molar-refractivity contribution in [2.75, 3.05) is 5.32 Å². The fraction of sp³-hybridized carbons (Fsp3) is 0.174. The highest BCUT2D eigenvalue weighted by atomic mass is 19.4. The second-order valence-corrected chi connectivity index (χ2v) is 7.51. The molecule has 3 aromatic heterocycles. The van der Waals surface area contributed by atoms with Crippen molar-refractivity contribution in [2.24, 2.45) is 7.05 Å². The first-order valence-corrected chi connectivity index (χ1v) is 10.2. The largest absolute Gasteiger partial charge is 0.417 e. The third-order valence-electron chi connectivity index (χ3n) is 4.88. The predicted molar refractivity (Wildman–Crippen MR) is 119 cm³/mol. The normalized spacial score (nSPS) is 11.3. The Balaban J connectivity index is 1.29. The standard InChI is InChI=1S/C23H20F3N7O/c1-33-14-20(13-31-33)32-22-29-9-17(10-30-22)16-4-2-15(3-5-16)8-21(34)28-12-19-7-6-18(11-27-19)23(24,25)26/h2-7,9-11,13-14H,8,12H2,1H3,(H,28,34)(H,29,30,32). The van der Waals surface area contributed by atoms with E-state index in [-0.39, 0.29) is 18.9 Å². The summed E-state index contributed by atoms with van der Waals surface area (Å²) in [4.78, 5) is 24.6. The summed E-state index contributed by atoms with van der Waals surface area (Å²) in [7, 11) is 1.82. The van der Waals surface area contributed by atoms with Crippen molar-refractivity contribution in [3.63, 3.8) is 0 Å². The van der Waals surface area contributed by atoms with E-state index in [1.807, 2.05) is 37.5 Å². The highest BCUT2D eigenvalue weighted by molar-refractivity contribution is 5.78. The van der Waals surface area contributed by atoms with Crippen molar-refractivity contribution < 1.29 is 18.0 Å². The first-order chi connectivity index (χ1) is 16.3. The summed E-state index contributed by atoms with van der Waals surface area (Å²) < 4.78 is 39.4. The van der Waals surface area contributed by atoms with Crippen LogP contribution in [0, 0.1) is 0 Å². The van der Waals surface area contributed by atoms with Gasteiger partial charge >= 0.3 is 6.18 Å². The summed E-state index contributed by atoms with van der Waals surface area (Å²) in [5, 5.41) is 9.80. The zero-order valence-corrected chi connectivity index (χ0v) is 18.0. The average Bonchev–Trinajstić information content (AvgIpc) is 3.23. The number of alkyl halides is 3. The first kappa shape index (κ1) is 22.9. The predicted octanol–water partition coefficient (Wildman–Crippen LogP) is 3.89. The first-order valence-electron chi connectivity index (χ1n) is 10.2. The lowest BCUT2D eigenvalue weighted by atomic mass is 10.1. The van der Waals surface area contributed by atoms with E-state index in [4.69, 9.17) is 0 Å². The van der Waals surface area contributed by atoms with Crippen LogP contribution in [0.2, 0.25) is 0 Å². The SMILES string of the molecule is Cn1cc(Nc2ncc(-c3ccc(CC(=O)NCc4ccc(C(F)(F)F)cn4)cc3)cn2)cn1. The lowest BCUT2D eigenvalue weighted by molar-refractivity contribution is -0.137. The summed E-state index contributed by atoms with van der Waals surface area (Å²) in [5.41, 5.74) is 2.81. The molecule has 0 saturated heterocycles. The minimum atomic E-state index is -4.44. The molecule has 0 aliphatic carbocycles. The minimum Gasteiger partial charge on any atom is -0.350 e. The molecule has 0 aliphatic heterocycles. The molecule has 11 heteroatoms. The second kappa shape index (κ2) is 9.69. The summed E-state index contributed by atoms with van der Waals surface area (Å²) in [5.74, 6) is 0.191. The summed E-state index contributed by atoms with van der Waals surface area (Å²) >= 11 is 0. The fourth-order valence-corrected chi connectivity index (χ4v) is 3.11. The van der Waals surface area contributed by atoms with Crippen LogP contribution in [0.4, 0.5) is 24.8 Å². The van der Waals surface area contributed by atoms with Crippen molar-refractivity contribution in [3.05, 3.63) is 84.2 Å². The maximum absolute atomic E-state index is 12.6. The Hall–Kier alpha value is -4.28. The van der Waals surface area contributed by atoms with Crippen LogP contribution in [-0.4, -0.2) is 30.6 Å². The number of amides is 1. The number of carbonyl (C=O) groups is 1. The molecule has 3 heterocycles. The maximum Gasteiger partial charge on any atom is 0.417 e. The van der Waals surface area contributed by atoms with Crippen LogP contribution in [0.25, 0.3) is 11.1 Å². The fourth-order valence-electron chi connectivity index (χ4n) is 3.11. The molecule has 34 heavy (non-hydrogen) atoms. The van der Waals surface area contributed by atoms with E-state index in [2.05, 4.69) is 30.7 Å². The number of carbonyl (C=O) groups excluding carboxylic acids is 1. The molecule has 174 valence electrons. The molecule has 1 amide bonds. The molecule has 0 aliphatic rings. The van der Waals surface area contributed by atoms with Gasteiger partial charge in [0.15, 0.2) is 0 Å².